The molecule has 2 aromatic rings. The second kappa shape index (κ2) is 14.2. The number of aromatic amines is 1. The second-order valence-corrected chi connectivity index (χ2v) is 7.41. The van der Waals surface area contributed by atoms with Gasteiger partial charge in [-0.3, -0.25) is 19.4 Å². The molecule has 3 rings (SSSR count). The molecular weight excluding hydrogens is 496 g/mol. The average molecular weight is 517 g/mol. The number of benzene rings is 1. The Hall–Kier alpha value is -2.62. The predicted octanol–water partition coefficient (Wildman–Crippen LogP) is -9.39. The minimum atomic E-state index is -1.60. The Kier molecular flexibility index (Phi) is 12.4. The number of aliphatic carboxylic acids is 2. The zero-order valence-electron chi connectivity index (χ0n) is 19.7. The van der Waals surface area contributed by atoms with E-state index in [4.69, 9.17) is 5.73 Å². The van der Waals surface area contributed by atoms with Gasteiger partial charge >= 0.3 is 59.1 Å². The SMILES string of the molecule is Nc1nc2c(c(=O)[nH]1)N(C=O)C(CNc1ccc(C(=O)N[C@@H](CCC(=O)[O-])C(=O)[O-])cc1)CN2.[Na+].[Na+]. The molecule has 1 unspecified atom stereocenters. The molecule has 2 atom stereocenters. The predicted molar refractivity (Wildman–Crippen MR) is 116 cm³/mol. The molecule has 1 aliphatic heterocycles. The first-order chi connectivity index (χ1) is 16.2. The summed E-state index contributed by atoms with van der Waals surface area (Å²) in [5.74, 6) is -3.63. The smallest absolute Gasteiger partial charge is 0.550 e. The van der Waals surface area contributed by atoms with Crippen LogP contribution in [0.2, 0.25) is 0 Å². The third-order valence-electron chi connectivity index (χ3n) is 5.10. The molecule has 1 aromatic heterocycles. The number of hydrogen-bond donors (Lipinski definition) is 5. The van der Waals surface area contributed by atoms with Gasteiger partial charge in [0.05, 0.1) is 18.1 Å². The molecule has 2 amide bonds. The molecule has 0 aliphatic carbocycles. The summed E-state index contributed by atoms with van der Waals surface area (Å²) in [6.07, 6.45) is -0.386. The van der Waals surface area contributed by atoms with E-state index >= 15 is 0 Å². The first-order valence-corrected chi connectivity index (χ1v) is 10.1. The second-order valence-electron chi connectivity index (χ2n) is 7.41. The third kappa shape index (κ3) is 7.94. The van der Waals surface area contributed by atoms with Gasteiger partial charge in [-0.2, -0.15) is 4.98 Å². The Labute approximate surface area is 249 Å². The Morgan fingerprint density at radius 1 is 1.22 bits per heavy atom. The van der Waals surface area contributed by atoms with Crippen LogP contribution in [0.1, 0.15) is 23.2 Å². The van der Waals surface area contributed by atoms with Crippen molar-refractivity contribution in [3.8, 4) is 0 Å². The first-order valence-electron chi connectivity index (χ1n) is 10.1. The number of carboxylic acids is 2. The van der Waals surface area contributed by atoms with Gasteiger partial charge in [0.25, 0.3) is 11.5 Å². The fraction of sp³-hybridized carbons (Fsp3) is 0.300. The molecule has 1 aliphatic rings. The fourth-order valence-electron chi connectivity index (χ4n) is 3.38. The zero-order valence-corrected chi connectivity index (χ0v) is 23.7. The minimum Gasteiger partial charge on any atom is -0.550 e. The third-order valence-corrected chi connectivity index (χ3v) is 5.10. The summed E-state index contributed by atoms with van der Waals surface area (Å²) in [5, 5.41) is 29.9. The van der Waals surface area contributed by atoms with Crippen LogP contribution >= 0.6 is 0 Å². The van der Waals surface area contributed by atoms with Crippen molar-refractivity contribution >= 4 is 47.4 Å². The van der Waals surface area contributed by atoms with Crippen LogP contribution in [0.3, 0.4) is 0 Å². The van der Waals surface area contributed by atoms with Crippen LogP contribution in [0.4, 0.5) is 23.1 Å². The Morgan fingerprint density at radius 3 is 2.47 bits per heavy atom. The molecular formula is C20H21N7Na2O7. The van der Waals surface area contributed by atoms with Gasteiger partial charge in [-0.05, 0) is 37.1 Å². The van der Waals surface area contributed by atoms with Crippen LogP contribution in [0.25, 0.3) is 0 Å². The van der Waals surface area contributed by atoms with E-state index < -0.39 is 41.9 Å². The monoisotopic (exact) mass is 517 g/mol. The fourth-order valence-corrected chi connectivity index (χ4v) is 3.38. The number of anilines is 4. The number of carbonyl (C=O) groups is 4. The van der Waals surface area contributed by atoms with Crippen molar-refractivity contribution in [3.05, 3.63) is 40.2 Å². The van der Waals surface area contributed by atoms with E-state index in [1.54, 1.807) is 12.1 Å². The number of nitrogens with two attached hydrogens (primary N) is 1. The van der Waals surface area contributed by atoms with Gasteiger partial charge in [-0.1, -0.05) is 0 Å². The molecule has 0 radical (unpaired) electrons. The summed E-state index contributed by atoms with van der Waals surface area (Å²) in [6, 6.07) is 4.08. The number of nitrogens with zero attached hydrogens (tertiary/aromatic N) is 2. The van der Waals surface area contributed by atoms with Gasteiger partial charge in [0.15, 0.2) is 11.5 Å². The molecule has 180 valence electrons. The van der Waals surface area contributed by atoms with Crippen molar-refractivity contribution in [1.82, 2.24) is 15.3 Å². The van der Waals surface area contributed by atoms with E-state index in [-0.39, 0.29) is 95.1 Å². The summed E-state index contributed by atoms with van der Waals surface area (Å²) >= 11 is 0. The molecule has 14 nitrogen and oxygen atoms in total. The molecule has 6 N–H and O–H groups in total. The van der Waals surface area contributed by atoms with Gasteiger partial charge in [-0.25, -0.2) is 0 Å². The van der Waals surface area contributed by atoms with Crippen LogP contribution in [0.15, 0.2) is 29.1 Å². The number of H-pyrrole nitrogens is 1. The number of hydrogen-bond acceptors (Lipinski definition) is 11. The number of aromatic nitrogens is 2. The van der Waals surface area contributed by atoms with Gasteiger partial charge in [0, 0.05) is 30.3 Å². The number of carbonyl (C=O) groups excluding carboxylic acids is 4. The van der Waals surface area contributed by atoms with Crippen molar-refractivity contribution in [2.75, 3.05) is 34.4 Å². The van der Waals surface area contributed by atoms with Gasteiger partial charge in [0.1, 0.15) is 0 Å². The summed E-state index contributed by atoms with van der Waals surface area (Å²) in [7, 11) is 0. The number of amides is 2. The Bertz CT molecular complexity index is 1160. The molecule has 0 saturated heterocycles. The number of nitrogen functional groups attached to an aromatic ring is 1. The number of fused-ring (bicyclic) bond motifs is 1. The summed E-state index contributed by atoms with van der Waals surface area (Å²) < 4.78 is 0. The van der Waals surface area contributed by atoms with E-state index in [0.717, 1.165) is 0 Å². The van der Waals surface area contributed by atoms with Gasteiger partial charge in [0.2, 0.25) is 12.4 Å². The topological polar surface area (TPSA) is 225 Å². The van der Waals surface area contributed by atoms with Gasteiger partial charge in [-0.15, -0.1) is 0 Å². The molecule has 0 bridgehead atoms. The summed E-state index contributed by atoms with van der Waals surface area (Å²) in [5.41, 5.74) is 5.75. The molecule has 0 fully saturated rings. The Balaban J connectivity index is 0.00000324. The van der Waals surface area contributed by atoms with E-state index in [0.29, 0.717) is 18.6 Å². The van der Waals surface area contributed by atoms with Crippen LogP contribution < -0.4 is 101 Å². The summed E-state index contributed by atoms with van der Waals surface area (Å²) in [6.45, 7) is 0.544. The normalized spacial score (nSPS) is 14.6. The van der Waals surface area contributed by atoms with Gasteiger partial charge < -0.3 is 46.4 Å². The van der Waals surface area contributed by atoms with E-state index in [1.807, 2.05) is 0 Å². The van der Waals surface area contributed by atoms with Crippen LogP contribution in [-0.2, 0) is 14.4 Å². The minimum absolute atomic E-state index is 0. The van der Waals surface area contributed by atoms with Crippen LogP contribution in [-0.4, -0.2) is 59.4 Å². The standard InChI is InChI=1S/C20H23N7O7.2Na/c21-20-25-16-15(18(32)26-20)27(9-28)12(8-23-16)7-22-11-3-1-10(2-4-11)17(31)24-13(19(33)34)5-6-14(29)30;;/h1-4,9,12-13,22H,5-8H2,(H,24,31)(H,29,30)(H,33,34)(H4,21,23,25,26,32);;/q;2*+1/p-2/t12?,13-;;/m0../s1. The molecule has 36 heavy (non-hydrogen) atoms. The molecule has 0 spiro atoms. The largest absolute Gasteiger partial charge is 1.00 e. The Morgan fingerprint density at radius 2 is 1.89 bits per heavy atom. The maximum Gasteiger partial charge on any atom is 1.00 e. The first kappa shape index (κ1) is 31.4. The van der Waals surface area contributed by atoms with Crippen molar-refractivity contribution in [2.45, 2.75) is 24.9 Å². The van der Waals surface area contributed by atoms with Crippen molar-refractivity contribution in [2.24, 2.45) is 0 Å². The van der Waals surface area contributed by atoms with Crippen LogP contribution in [0.5, 0.6) is 0 Å². The van der Waals surface area contributed by atoms with E-state index in [1.165, 1.54) is 17.0 Å². The average Bonchev–Trinajstić information content (AvgIpc) is 2.79. The molecule has 1 aromatic carbocycles. The maximum absolute atomic E-state index is 12.3. The van der Waals surface area contributed by atoms with E-state index in [9.17, 15) is 34.2 Å². The van der Waals surface area contributed by atoms with Crippen LogP contribution in [0, 0.1) is 0 Å². The van der Waals surface area contributed by atoms with Crippen molar-refractivity contribution < 1.29 is 88.5 Å². The molecule has 16 heteroatoms. The van der Waals surface area contributed by atoms with Crippen molar-refractivity contribution in [3.63, 3.8) is 0 Å². The summed E-state index contributed by atoms with van der Waals surface area (Å²) in [4.78, 5) is 65.4. The quantitative estimate of drug-likeness (QED) is 0.147. The zero-order chi connectivity index (χ0) is 24.8. The number of carboxylic acid groups (broad SMARTS) is 2. The molecule has 2 heterocycles. The number of nitrogens with one attached hydrogen (secondary N) is 4. The molecule has 0 saturated carbocycles. The maximum atomic E-state index is 12.3. The van der Waals surface area contributed by atoms with E-state index in [2.05, 4.69) is 25.9 Å². The number of rotatable bonds is 10. The van der Waals surface area contributed by atoms with Crippen molar-refractivity contribution in [1.29, 1.82) is 0 Å².